The predicted octanol–water partition coefficient (Wildman–Crippen LogP) is 5.36. The molecule has 0 aliphatic heterocycles. The molecule has 0 atom stereocenters. The number of nitrogens with one attached hydrogen (secondary N) is 1. The van der Waals surface area contributed by atoms with Gasteiger partial charge < -0.3 is 15.0 Å². The molecule has 1 fully saturated rings. The van der Waals surface area contributed by atoms with Crippen LogP contribution in [0.2, 0.25) is 0 Å². The van der Waals surface area contributed by atoms with Gasteiger partial charge >= 0.3 is 6.09 Å². The number of carboxylic acid groups (broad SMARTS) is 1. The van der Waals surface area contributed by atoms with Crippen LogP contribution in [0.25, 0.3) is 22.2 Å². The number of benzene rings is 2. The Kier molecular flexibility index (Phi) is 4.53. The molecule has 2 aromatic carbocycles. The summed E-state index contributed by atoms with van der Waals surface area (Å²) >= 11 is 0. The van der Waals surface area contributed by atoms with Gasteiger partial charge in [-0.1, -0.05) is 0 Å². The van der Waals surface area contributed by atoms with Crippen molar-refractivity contribution in [2.45, 2.75) is 18.8 Å². The quantitative estimate of drug-likeness (QED) is 0.633. The standard InChI is InChI=1S/C21H19F3N2O2/c1-26(21(27)28)10-11-6-13(7-11)18-16-8-15(23)9-17(24)20(16)25-19(18)12-2-4-14(22)5-3-12/h2-5,8-9,11,13,25H,6-7,10H2,1H3,(H,27,28). The minimum Gasteiger partial charge on any atom is -0.465 e. The first-order valence-electron chi connectivity index (χ1n) is 9.04. The Morgan fingerprint density at radius 1 is 1.14 bits per heavy atom. The van der Waals surface area contributed by atoms with E-state index < -0.39 is 17.7 Å². The minimum absolute atomic E-state index is 0.0437. The van der Waals surface area contributed by atoms with Crippen LogP contribution in [0.5, 0.6) is 0 Å². The van der Waals surface area contributed by atoms with Crippen LogP contribution in [0.1, 0.15) is 24.3 Å². The number of halogens is 3. The van der Waals surface area contributed by atoms with Gasteiger partial charge in [-0.2, -0.15) is 0 Å². The van der Waals surface area contributed by atoms with E-state index in [0.717, 1.165) is 24.5 Å². The van der Waals surface area contributed by atoms with Gasteiger partial charge in [0.05, 0.1) is 11.2 Å². The van der Waals surface area contributed by atoms with Gasteiger partial charge in [-0.3, -0.25) is 0 Å². The SMILES string of the molecule is CN(CC1CC(c2c(-c3ccc(F)cc3)[nH]c3c(F)cc(F)cc23)C1)C(=O)O. The van der Waals surface area contributed by atoms with Crippen molar-refractivity contribution in [2.75, 3.05) is 13.6 Å². The second-order valence-corrected chi connectivity index (χ2v) is 7.43. The van der Waals surface area contributed by atoms with Crippen LogP contribution in [-0.4, -0.2) is 34.7 Å². The maximum atomic E-state index is 14.3. The van der Waals surface area contributed by atoms with Gasteiger partial charge in [-0.05, 0) is 66.1 Å². The summed E-state index contributed by atoms with van der Waals surface area (Å²) in [7, 11) is 1.52. The molecule has 4 rings (SSSR count). The van der Waals surface area contributed by atoms with E-state index in [9.17, 15) is 18.0 Å². The lowest BCUT2D eigenvalue weighted by molar-refractivity contribution is 0.132. The number of fused-ring (bicyclic) bond motifs is 1. The van der Waals surface area contributed by atoms with Crippen molar-refractivity contribution in [3.8, 4) is 11.3 Å². The molecule has 146 valence electrons. The van der Waals surface area contributed by atoms with E-state index in [2.05, 4.69) is 4.98 Å². The molecule has 1 saturated carbocycles. The molecule has 3 aromatic rings. The Morgan fingerprint density at radius 2 is 1.82 bits per heavy atom. The molecule has 1 aliphatic carbocycles. The van der Waals surface area contributed by atoms with Gasteiger partial charge in [0.25, 0.3) is 0 Å². The molecule has 0 spiro atoms. The van der Waals surface area contributed by atoms with Crippen molar-refractivity contribution in [1.82, 2.24) is 9.88 Å². The van der Waals surface area contributed by atoms with Gasteiger partial charge in [0.2, 0.25) is 0 Å². The fourth-order valence-electron chi connectivity index (χ4n) is 4.09. The average Bonchev–Trinajstić information content (AvgIpc) is 2.97. The molecule has 2 N–H and O–H groups in total. The summed E-state index contributed by atoms with van der Waals surface area (Å²) in [6.07, 6.45) is 0.458. The van der Waals surface area contributed by atoms with E-state index in [-0.39, 0.29) is 23.2 Å². The van der Waals surface area contributed by atoms with E-state index in [0.29, 0.717) is 23.2 Å². The van der Waals surface area contributed by atoms with Crippen molar-refractivity contribution >= 4 is 17.0 Å². The number of hydrogen-bond donors (Lipinski definition) is 2. The summed E-state index contributed by atoms with van der Waals surface area (Å²) in [6.45, 7) is 0.419. The maximum Gasteiger partial charge on any atom is 0.407 e. The summed E-state index contributed by atoms with van der Waals surface area (Å²) in [4.78, 5) is 15.3. The first kappa shape index (κ1) is 18.4. The molecule has 0 saturated heterocycles. The zero-order valence-electron chi connectivity index (χ0n) is 15.2. The van der Waals surface area contributed by atoms with Gasteiger partial charge in [0, 0.05) is 25.0 Å². The highest BCUT2D eigenvalue weighted by molar-refractivity contribution is 5.92. The summed E-state index contributed by atoms with van der Waals surface area (Å²) in [5.41, 5.74) is 2.36. The number of aromatic nitrogens is 1. The Hall–Kier alpha value is -2.96. The van der Waals surface area contributed by atoms with Crippen molar-refractivity contribution < 1.29 is 23.1 Å². The minimum atomic E-state index is -0.980. The second-order valence-electron chi connectivity index (χ2n) is 7.43. The largest absolute Gasteiger partial charge is 0.465 e. The van der Waals surface area contributed by atoms with Crippen molar-refractivity contribution in [1.29, 1.82) is 0 Å². The lowest BCUT2D eigenvalue weighted by Crippen LogP contribution is -2.36. The van der Waals surface area contributed by atoms with Gasteiger partial charge in [-0.15, -0.1) is 0 Å². The average molecular weight is 388 g/mol. The van der Waals surface area contributed by atoms with Crippen molar-refractivity contribution in [2.24, 2.45) is 5.92 Å². The maximum absolute atomic E-state index is 14.3. The van der Waals surface area contributed by atoms with Gasteiger partial charge in [0.15, 0.2) is 0 Å². The highest BCUT2D eigenvalue weighted by Crippen LogP contribution is 2.48. The summed E-state index contributed by atoms with van der Waals surface area (Å²) in [5.74, 6) is -1.47. The molecule has 1 aliphatic rings. The molecule has 0 radical (unpaired) electrons. The molecular weight excluding hydrogens is 369 g/mol. The van der Waals surface area contributed by atoms with E-state index in [1.54, 1.807) is 12.1 Å². The molecule has 1 amide bonds. The third-order valence-corrected chi connectivity index (χ3v) is 5.50. The van der Waals surface area contributed by atoms with E-state index in [4.69, 9.17) is 5.11 Å². The number of hydrogen-bond acceptors (Lipinski definition) is 1. The van der Waals surface area contributed by atoms with E-state index in [1.165, 1.54) is 30.1 Å². The molecule has 1 aromatic heterocycles. The summed E-state index contributed by atoms with van der Waals surface area (Å²) in [5, 5.41) is 9.50. The molecule has 0 bridgehead atoms. The van der Waals surface area contributed by atoms with Gasteiger partial charge in [-0.25, -0.2) is 18.0 Å². The molecular formula is C21H19F3N2O2. The van der Waals surface area contributed by atoms with Crippen LogP contribution >= 0.6 is 0 Å². The zero-order chi connectivity index (χ0) is 20.0. The smallest absolute Gasteiger partial charge is 0.407 e. The highest BCUT2D eigenvalue weighted by atomic mass is 19.1. The number of carbonyl (C=O) groups is 1. The van der Waals surface area contributed by atoms with Crippen LogP contribution in [-0.2, 0) is 0 Å². The second kappa shape index (κ2) is 6.89. The van der Waals surface area contributed by atoms with Crippen LogP contribution in [0.3, 0.4) is 0 Å². The highest BCUT2D eigenvalue weighted by Gasteiger charge is 2.35. The normalized spacial score (nSPS) is 18.9. The molecule has 0 unspecified atom stereocenters. The fourth-order valence-corrected chi connectivity index (χ4v) is 4.09. The predicted molar refractivity (Wildman–Crippen MR) is 99.7 cm³/mol. The van der Waals surface area contributed by atoms with E-state index >= 15 is 0 Å². The Bertz CT molecular complexity index is 1040. The number of H-pyrrole nitrogens is 1. The van der Waals surface area contributed by atoms with E-state index in [1.807, 2.05) is 0 Å². The van der Waals surface area contributed by atoms with Gasteiger partial charge in [0.1, 0.15) is 17.5 Å². The number of amides is 1. The monoisotopic (exact) mass is 388 g/mol. The van der Waals surface area contributed by atoms with Crippen LogP contribution in [0, 0.1) is 23.4 Å². The molecule has 1 heterocycles. The number of rotatable bonds is 4. The third kappa shape index (κ3) is 3.21. The topological polar surface area (TPSA) is 56.3 Å². The van der Waals surface area contributed by atoms with Crippen molar-refractivity contribution in [3.05, 3.63) is 59.4 Å². The zero-order valence-corrected chi connectivity index (χ0v) is 15.2. The number of aromatic amines is 1. The van der Waals surface area contributed by atoms with Crippen LogP contribution in [0.4, 0.5) is 18.0 Å². The summed E-state index contributed by atoms with van der Waals surface area (Å²) < 4.78 is 41.6. The lowest BCUT2D eigenvalue weighted by Gasteiger charge is -2.37. The first-order valence-corrected chi connectivity index (χ1v) is 9.04. The van der Waals surface area contributed by atoms with Crippen LogP contribution in [0.15, 0.2) is 36.4 Å². The first-order chi connectivity index (χ1) is 13.3. The molecule has 7 heteroatoms. The summed E-state index contributed by atoms with van der Waals surface area (Å²) in [6, 6.07) is 8.01. The lowest BCUT2D eigenvalue weighted by atomic mass is 9.70. The number of nitrogens with zero attached hydrogens (tertiary/aromatic N) is 1. The molecule has 4 nitrogen and oxygen atoms in total. The Morgan fingerprint density at radius 3 is 2.46 bits per heavy atom. The Balaban J connectivity index is 1.73. The molecule has 28 heavy (non-hydrogen) atoms. The Labute approximate surface area is 159 Å². The fraction of sp³-hybridized carbons (Fsp3) is 0.286. The third-order valence-electron chi connectivity index (χ3n) is 5.50. The van der Waals surface area contributed by atoms with Crippen molar-refractivity contribution in [3.63, 3.8) is 0 Å². The van der Waals surface area contributed by atoms with Crippen LogP contribution < -0.4 is 0 Å².